The summed E-state index contributed by atoms with van der Waals surface area (Å²) >= 11 is 0. The Morgan fingerprint density at radius 1 is 1.05 bits per heavy atom. The molecule has 0 aromatic rings. The molecule has 0 bridgehead atoms. The first-order valence-corrected chi connectivity index (χ1v) is 9.32. The lowest BCUT2D eigenvalue weighted by molar-refractivity contribution is 0.173. The Morgan fingerprint density at radius 3 is 2.30 bits per heavy atom. The number of aliphatic hydroxyl groups is 1. The van der Waals surface area contributed by atoms with Gasteiger partial charge in [0.05, 0.1) is 6.61 Å². The Balaban J connectivity index is 2.13. The van der Waals surface area contributed by atoms with Crippen molar-refractivity contribution in [2.45, 2.75) is 69.9 Å². The molecule has 2 fully saturated rings. The van der Waals surface area contributed by atoms with Crippen molar-refractivity contribution >= 4 is 10.2 Å². The van der Waals surface area contributed by atoms with Crippen LogP contribution in [0.1, 0.15) is 57.8 Å². The highest BCUT2D eigenvalue weighted by molar-refractivity contribution is 7.86. The van der Waals surface area contributed by atoms with Crippen molar-refractivity contribution < 1.29 is 13.5 Å². The van der Waals surface area contributed by atoms with Gasteiger partial charge in [-0.3, -0.25) is 0 Å². The van der Waals surface area contributed by atoms with Gasteiger partial charge in [-0.05, 0) is 25.7 Å². The zero-order valence-electron chi connectivity index (χ0n) is 12.5. The predicted molar refractivity (Wildman–Crippen MR) is 79.6 cm³/mol. The summed E-state index contributed by atoms with van der Waals surface area (Å²) in [5, 5.41) is 9.52. The van der Waals surface area contributed by atoms with Crippen molar-refractivity contribution in [2.24, 2.45) is 0 Å². The van der Waals surface area contributed by atoms with Crippen LogP contribution in [0.5, 0.6) is 0 Å². The van der Waals surface area contributed by atoms with E-state index in [0.29, 0.717) is 6.54 Å². The maximum Gasteiger partial charge on any atom is 0.282 e. The van der Waals surface area contributed by atoms with Crippen molar-refractivity contribution in [1.82, 2.24) is 8.61 Å². The van der Waals surface area contributed by atoms with Gasteiger partial charge in [-0.1, -0.05) is 32.1 Å². The summed E-state index contributed by atoms with van der Waals surface area (Å²) in [4.78, 5) is 0. The fourth-order valence-electron chi connectivity index (χ4n) is 3.44. The molecular weight excluding hydrogens is 276 g/mol. The minimum atomic E-state index is -3.44. The monoisotopic (exact) mass is 304 g/mol. The fraction of sp³-hybridized carbons (Fsp3) is 1.00. The molecule has 1 saturated carbocycles. The lowest BCUT2D eigenvalue weighted by Gasteiger charge is -2.36. The van der Waals surface area contributed by atoms with Crippen LogP contribution in [0, 0.1) is 0 Å². The van der Waals surface area contributed by atoms with Crippen LogP contribution < -0.4 is 0 Å². The molecule has 1 N–H and O–H groups in total. The predicted octanol–water partition coefficient (Wildman–Crippen LogP) is 1.73. The Morgan fingerprint density at radius 2 is 1.65 bits per heavy atom. The summed E-state index contributed by atoms with van der Waals surface area (Å²) < 4.78 is 28.8. The second kappa shape index (κ2) is 7.20. The van der Waals surface area contributed by atoms with Gasteiger partial charge in [0.1, 0.15) is 0 Å². The molecular formula is C14H28N2O3S. The topological polar surface area (TPSA) is 60.9 Å². The lowest BCUT2D eigenvalue weighted by atomic mass is 9.96. The van der Waals surface area contributed by atoms with E-state index in [-0.39, 0.29) is 18.7 Å². The normalized spacial score (nSPS) is 27.6. The van der Waals surface area contributed by atoms with E-state index in [1.807, 2.05) is 0 Å². The second-order valence-electron chi connectivity index (χ2n) is 6.11. The average molecular weight is 304 g/mol. The van der Waals surface area contributed by atoms with Gasteiger partial charge in [-0.2, -0.15) is 17.0 Å². The highest BCUT2D eigenvalue weighted by Crippen LogP contribution is 2.27. The Kier molecular flexibility index (Phi) is 5.84. The summed E-state index contributed by atoms with van der Waals surface area (Å²) in [5.74, 6) is 0. The average Bonchev–Trinajstić information content (AvgIpc) is 2.73. The molecule has 2 aliphatic rings. The number of rotatable bonds is 4. The third-order valence-corrected chi connectivity index (χ3v) is 6.88. The molecule has 1 saturated heterocycles. The molecule has 0 amide bonds. The van der Waals surface area contributed by atoms with Crippen LogP contribution in [0.25, 0.3) is 0 Å². The molecule has 0 aromatic carbocycles. The van der Waals surface area contributed by atoms with Gasteiger partial charge in [0.2, 0.25) is 0 Å². The summed E-state index contributed by atoms with van der Waals surface area (Å²) in [5.41, 5.74) is 0. The smallest absolute Gasteiger partial charge is 0.282 e. The van der Waals surface area contributed by atoms with Crippen LogP contribution in [0.15, 0.2) is 0 Å². The van der Waals surface area contributed by atoms with Gasteiger partial charge in [-0.15, -0.1) is 0 Å². The third kappa shape index (κ3) is 3.53. The first kappa shape index (κ1) is 16.2. The van der Waals surface area contributed by atoms with Crippen molar-refractivity contribution in [1.29, 1.82) is 0 Å². The molecule has 1 aliphatic carbocycles. The summed E-state index contributed by atoms with van der Waals surface area (Å²) in [6.07, 6.45) is 9.11. The summed E-state index contributed by atoms with van der Waals surface area (Å²) in [6.45, 7) is 0.475. The third-order valence-electron chi connectivity index (χ3n) is 4.78. The highest BCUT2D eigenvalue weighted by Gasteiger charge is 2.36. The maximum absolute atomic E-state index is 12.8. The summed E-state index contributed by atoms with van der Waals surface area (Å²) in [7, 11) is -1.73. The van der Waals surface area contributed by atoms with Crippen LogP contribution in [0.3, 0.4) is 0 Å². The van der Waals surface area contributed by atoms with E-state index in [4.69, 9.17) is 0 Å². The van der Waals surface area contributed by atoms with Gasteiger partial charge in [0.15, 0.2) is 0 Å². The lowest BCUT2D eigenvalue weighted by Crippen LogP contribution is -2.51. The minimum absolute atomic E-state index is 0.0717. The van der Waals surface area contributed by atoms with E-state index < -0.39 is 10.2 Å². The number of hydrogen-bond donors (Lipinski definition) is 1. The molecule has 1 unspecified atom stereocenters. The zero-order valence-corrected chi connectivity index (χ0v) is 13.3. The highest BCUT2D eigenvalue weighted by atomic mass is 32.2. The van der Waals surface area contributed by atoms with Crippen molar-refractivity contribution in [2.75, 3.05) is 20.2 Å². The van der Waals surface area contributed by atoms with Gasteiger partial charge >= 0.3 is 0 Å². The largest absolute Gasteiger partial charge is 0.395 e. The molecule has 5 nitrogen and oxygen atoms in total. The van der Waals surface area contributed by atoms with Crippen LogP contribution in [0.4, 0.5) is 0 Å². The molecule has 6 heteroatoms. The zero-order chi connectivity index (χ0) is 14.6. The fourth-order valence-corrected chi connectivity index (χ4v) is 5.26. The quantitative estimate of drug-likeness (QED) is 0.860. The van der Waals surface area contributed by atoms with Crippen LogP contribution in [-0.4, -0.2) is 54.4 Å². The van der Waals surface area contributed by atoms with Gasteiger partial charge < -0.3 is 5.11 Å². The molecule has 2 rings (SSSR count). The standard InChI is InChI=1S/C14H28N2O3S/c1-15(13-8-4-2-5-9-13)20(18,19)16-11-7-3-6-10-14(16)12-17/h13-14,17H,2-12H2,1H3. The Labute approximate surface area is 123 Å². The summed E-state index contributed by atoms with van der Waals surface area (Å²) in [6, 6.07) is -0.107. The van der Waals surface area contributed by atoms with Gasteiger partial charge in [-0.25, -0.2) is 0 Å². The SMILES string of the molecule is CN(C1CCCCC1)S(=O)(=O)N1CCCCCC1CO. The van der Waals surface area contributed by atoms with Crippen LogP contribution in [-0.2, 0) is 10.2 Å². The maximum atomic E-state index is 12.8. The molecule has 20 heavy (non-hydrogen) atoms. The van der Waals surface area contributed by atoms with E-state index in [0.717, 1.165) is 51.4 Å². The molecule has 0 aromatic heterocycles. The number of aliphatic hydroxyl groups excluding tert-OH is 1. The van der Waals surface area contributed by atoms with E-state index in [9.17, 15) is 13.5 Å². The number of hydrogen-bond acceptors (Lipinski definition) is 3. The van der Waals surface area contributed by atoms with Crippen molar-refractivity contribution in [3.63, 3.8) is 0 Å². The van der Waals surface area contributed by atoms with Crippen LogP contribution >= 0.6 is 0 Å². The van der Waals surface area contributed by atoms with Crippen molar-refractivity contribution in [3.05, 3.63) is 0 Å². The first-order chi connectivity index (χ1) is 9.57. The molecule has 0 radical (unpaired) electrons. The van der Waals surface area contributed by atoms with Gasteiger partial charge in [0, 0.05) is 25.7 Å². The molecule has 118 valence electrons. The van der Waals surface area contributed by atoms with E-state index in [1.165, 1.54) is 6.42 Å². The Hall–Kier alpha value is -0.170. The van der Waals surface area contributed by atoms with E-state index >= 15 is 0 Å². The van der Waals surface area contributed by atoms with Gasteiger partial charge in [0.25, 0.3) is 10.2 Å². The molecule has 0 spiro atoms. The molecule has 1 heterocycles. The van der Waals surface area contributed by atoms with Crippen LogP contribution in [0.2, 0.25) is 0 Å². The Bertz CT molecular complexity index is 393. The minimum Gasteiger partial charge on any atom is -0.395 e. The van der Waals surface area contributed by atoms with Crippen molar-refractivity contribution in [3.8, 4) is 0 Å². The molecule has 1 atom stereocenters. The first-order valence-electron chi connectivity index (χ1n) is 7.93. The van der Waals surface area contributed by atoms with E-state index in [2.05, 4.69) is 0 Å². The number of nitrogens with zero attached hydrogens (tertiary/aromatic N) is 2. The molecule has 1 aliphatic heterocycles. The van der Waals surface area contributed by atoms with E-state index in [1.54, 1.807) is 15.7 Å². The second-order valence-corrected chi connectivity index (χ2v) is 8.05.